The van der Waals surface area contributed by atoms with Crippen molar-refractivity contribution in [1.82, 2.24) is 0 Å². The molecule has 104 valence electrons. The van der Waals surface area contributed by atoms with E-state index in [2.05, 4.69) is 19.9 Å². The van der Waals surface area contributed by atoms with Crippen LogP contribution in [-0.4, -0.2) is 5.97 Å². The van der Waals surface area contributed by atoms with Gasteiger partial charge in [-0.25, -0.2) is 0 Å². The molecule has 0 aromatic carbocycles. The summed E-state index contributed by atoms with van der Waals surface area (Å²) >= 11 is 0. The topological polar surface area (TPSA) is 26.3 Å². The minimum absolute atomic E-state index is 0.121. The monoisotopic (exact) mass is 252 g/mol. The molecule has 0 atom stereocenters. The average molecular weight is 252 g/mol. The van der Waals surface area contributed by atoms with Crippen LogP contribution in [0.3, 0.4) is 0 Å². The van der Waals surface area contributed by atoms with Crippen LogP contribution in [0, 0.1) is 0 Å². The van der Waals surface area contributed by atoms with Crippen LogP contribution >= 0.6 is 0 Å². The Kier molecular flexibility index (Phi) is 13.2. The molecule has 0 bridgehead atoms. The first-order chi connectivity index (χ1) is 8.81. The summed E-state index contributed by atoms with van der Waals surface area (Å²) in [5, 5.41) is 0. The van der Waals surface area contributed by atoms with Gasteiger partial charge in [0.1, 0.15) is 0 Å². The Labute approximate surface area is 112 Å². The molecule has 0 aliphatic rings. The third kappa shape index (κ3) is 13.0. The molecule has 0 heterocycles. The van der Waals surface area contributed by atoms with E-state index in [1.165, 1.54) is 38.4 Å². The lowest BCUT2D eigenvalue weighted by molar-refractivity contribution is -0.138. The van der Waals surface area contributed by atoms with Crippen molar-refractivity contribution in [1.29, 1.82) is 0 Å². The molecule has 2 heteroatoms. The molecule has 0 unspecified atom stereocenters. The third-order valence-corrected chi connectivity index (χ3v) is 2.73. The van der Waals surface area contributed by atoms with Crippen molar-refractivity contribution in [2.75, 3.05) is 0 Å². The largest absolute Gasteiger partial charge is 0.434 e. The fraction of sp³-hybridized carbons (Fsp3) is 0.688. The SMILES string of the molecule is CCCCC=CC=COC(=O)CCCCCCC. The van der Waals surface area contributed by atoms with Crippen molar-refractivity contribution in [3.05, 3.63) is 24.5 Å². The van der Waals surface area contributed by atoms with Crippen molar-refractivity contribution in [2.24, 2.45) is 0 Å². The zero-order valence-electron chi connectivity index (χ0n) is 12.0. The maximum absolute atomic E-state index is 11.3. The van der Waals surface area contributed by atoms with Crippen LogP contribution < -0.4 is 0 Å². The van der Waals surface area contributed by atoms with Crippen molar-refractivity contribution in [2.45, 2.75) is 71.6 Å². The van der Waals surface area contributed by atoms with Crippen molar-refractivity contribution < 1.29 is 9.53 Å². The van der Waals surface area contributed by atoms with E-state index in [-0.39, 0.29) is 5.97 Å². The first-order valence-corrected chi connectivity index (χ1v) is 7.32. The van der Waals surface area contributed by atoms with Crippen molar-refractivity contribution >= 4 is 5.97 Å². The molecule has 0 amide bonds. The molecule has 0 aliphatic carbocycles. The summed E-state index contributed by atoms with van der Waals surface area (Å²) in [7, 11) is 0. The van der Waals surface area contributed by atoms with Gasteiger partial charge in [-0.3, -0.25) is 4.79 Å². The summed E-state index contributed by atoms with van der Waals surface area (Å²) < 4.78 is 4.98. The highest BCUT2D eigenvalue weighted by Gasteiger charge is 1.99. The molecule has 0 fully saturated rings. The van der Waals surface area contributed by atoms with E-state index >= 15 is 0 Å². The fourth-order valence-corrected chi connectivity index (χ4v) is 1.59. The van der Waals surface area contributed by atoms with E-state index in [0.29, 0.717) is 6.42 Å². The second-order valence-corrected chi connectivity index (χ2v) is 4.55. The fourth-order valence-electron chi connectivity index (χ4n) is 1.59. The summed E-state index contributed by atoms with van der Waals surface area (Å²) in [4.78, 5) is 11.3. The van der Waals surface area contributed by atoms with E-state index < -0.39 is 0 Å². The molecule has 0 N–H and O–H groups in total. The Balaban J connectivity index is 3.40. The van der Waals surface area contributed by atoms with Gasteiger partial charge in [-0.1, -0.05) is 64.5 Å². The number of hydrogen-bond acceptors (Lipinski definition) is 2. The highest BCUT2D eigenvalue weighted by Crippen LogP contribution is 2.05. The van der Waals surface area contributed by atoms with Crippen LogP contribution in [-0.2, 0) is 9.53 Å². The van der Waals surface area contributed by atoms with Crippen LogP contribution in [0.25, 0.3) is 0 Å². The number of rotatable bonds is 11. The third-order valence-electron chi connectivity index (χ3n) is 2.73. The molecule has 0 aliphatic heterocycles. The Morgan fingerprint density at radius 3 is 2.39 bits per heavy atom. The standard InChI is InChI=1S/C16H28O2/c1-3-5-7-9-11-13-15-18-16(17)14-12-10-8-6-4-2/h9,11,13,15H,3-8,10,12,14H2,1-2H3. The summed E-state index contributed by atoms with van der Waals surface area (Å²) in [6.07, 6.45) is 17.1. The van der Waals surface area contributed by atoms with Gasteiger partial charge in [-0.15, -0.1) is 0 Å². The first-order valence-electron chi connectivity index (χ1n) is 7.32. The quantitative estimate of drug-likeness (QED) is 0.220. The number of carbonyl (C=O) groups is 1. The zero-order valence-corrected chi connectivity index (χ0v) is 12.0. The molecule has 2 nitrogen and oxygen atoms in total. The molecule has 0 saturated heterocycles. The van der Waals surface area contributed by atoms with Crippen LogP contribution in [0.5, 0.6) is 0 Å². The second kappa shape index (κ2) is 14.0. The number of esters is 1. The predicted octanol–water partition coefficient (Wildman–Crippen LogP) is 5.15. The van der Waals surface area contributed by atoms with Crippen LogP contribution in [0.4, 0.5) is 0 Å². The Hall–Kier alpha value is -1.05. The number of ether oxygens (including phenoxy) is 1. The average Bonchev–Trinajstić information content (AvgIpc) is 2.37. The number of carbonyl (C=O) groups excluding carboxylic acids is 1. The Bertz CT molecular complexity index is 241. The van der Waals surface area contributed by atoms with Crippen LogP contribution in [0.1, 0.15) is 71.6 Å². The number of hydrogen-bond donors (Lipinski definition) is 0. The van der Waals surface area contributed by atoms with E-state index in [9.17, 15) is 4.79 Å². The van der Waals surface area contributed by atoms with E-state index in [1.54, 1.807) is 6.08 Å². The number of unbranched alkanes of at least 4 members (excludes halogenated alkanes) is 6. The van der Waals surface area contributed by atoms with Crippen molar-refractivity contribution in [3.8, 4) is 0 Å². The van der Waals surface area contributed by atoms with Gasteiger partial charge in [-0.2, -0.15) is 0 Å². The van der Waals surface area contributed by atoms with E-state index in [4.69, 9.17) is 4.74 Å². The van der Waals surface area contributed by atoms with Crippen LogP contribution in [0.15, 0.2) is 24.5 Å². The molecule has 0 spiro atoms. The highest BCUT2D eigenvalue weighted by atomic mass is 16.5. The summed E-state index contributed by atoms with van der Waals surface area (Å²) in [5.74, 6) is -0.121. The highest BCUT2D eigenvalue weighted by molar-refractivity contribution is 5.69. The second-order valence-electron chi connectivity index (χ2n) is 4.55. The van der Waals surface area contributed by atoms with Gasteiger partial charge in [0, 0.05) is 6.42 Å². The lowest BCUT2D eigenvalue weighted by Gasteiger charge is -1.99. The van der Waals surface area contributed by atoms with Crippen molar-refractivity contribution in [3.63, 3.8) is 0 Å². The summed E-state index contributed by atoms with van der Waals surface area (Å²) in [5.41, 5.74) is 0. The molecule has 18 heavy (non-hydrogen) atoms. The maximum atomic E-state index is 11.3. The predicted molar refractivity (Wildman–Crippen MR) is 77.3 cm³/mol. The minimum Gasteiger partial charge on any atom is -0.434 e. The van der Waals surface area contributed by atoms with Gasteiger partial charge in [0.15, 0.2) is 0 Å². The van der Waals surface area contributed by atoms with E-state index in [1.807, 2.05) is 6.08 Å². The molecule has 0 aromatic heterocycles. The van der Waals surface area contributed by atoms with Crippen LogP contribution in [0.2, 0.25) is 0 Å². The molecule has 0 rings (SSSR count). The normalized spacial score (nSPS) is 11.4. The molecule has 0 aromatic rings. The van der Waals surface area contributed by atoms with Gasteiger partial charge in [-0.05, 0) is 18.9 Å². The maximum Gasteiger partial charge on any atom is 0.310 e. The van der Waals surface area contributed by atoms with Gasteiger partial charge in [0.25, 0.3) is 0 Å². The first kappa shape index (κ1) is 16.9. The minimum atomic E-state index is -0.121. The van der Waals surface area contributed by atoms with Gasteiger partial charge < -0.3 is 4.74 Å². The molecular weight excluding hydrogens is 224 g/mol. The molecule has 0 radical (unpaired) electrons. The Morgan fingerprint density at radius 1 is 0.944 bits per heavy atom. The van der Waals surface area contributed by atoms with E-state index in [0.717, 1.165) is 19.3 Å². The molecule has 0 saturated carbocycles. The summed E-state index contributed by atoms with van der Waals surface area (Å²) in [6.45, 7) is 4.36. The number of allylic oxidation sites excluding steroid dienone is 3. The van der Waals surface area contributed by atoms with Gasteiger partial charge in [0.05, 0.1) is 6.26 Å². The van der Waals surface area contributed by atoms with Gasteiger partial charge in [0.2, 0.25) is 0 Å². The zero-order chi connectivity index (χ0) is 13.5. The summed E-state index contributed by atoms with van der Waals surface area (Å²) in [6, 6.07) is 0. The van der Waals surface area contributed by atoms with Gasteiger partial charge >= 0.3 is 5.97 Å². The smallest absolute Gasteiger partial charge is 0.310 e. The lowest BCUT2D eigenvalue weighted by atomic mass is 10.1. The Morgan fingerprint density at radius 2 is 1.67 bits per heavy atom. The molecular formula is C16H28O2. The lowest BCUT2D eigenvalue weighted by Crippen LogP contribution is -1.98.